The largest absolute Gasteiger partial charge is 0.416 e. The second-order valence-corrected chi connectivity index (χ2v) is 5.43. The Bertz CT molecular complexity index is 724. The molecule has 1 aromatic heterocycles. The molecule has 0 aliphatic rings. The normalized spacial score (nSPS) is 11.6. The van der Waals surface area contributed by atoms with Crippen molar-refractivity contribution in [1.29, 1.82) is 0 Å². The van der Waals surface area contributed by atoms with Crippen LogP contribution >= 0.6 is 0 Å². The molecule has 5 nitrogen and oxygen atoms in total. The lowest BCUT2D eigenvalue weighted by molar-refractivity contribution is -0.137. The monoisotopic (exact) mass is 340 g/mol. The Morgan fingerprint density at radius 1 is 1.38 bits per heavy atom. The van der Waals surface area contributed by atoms with Crippen LogP contribution in [0, 0.1) is 6.92 Å². The smallest absolute Gasteiger partial charge is 0.340 e. The van der Waals surface area contributed by atoms with Crippen LogP contribution in [0.5, 0.6) is 0 Å². The van der Waals surface area contributed by atoms with E-state index in [0.29, 0.717) is 24.3 Å². The average molecular weight is 340 g/mol. The summed E-state index contributed by atoms with van der Waals surface area (Å²) in [6.45, 7) is 2.82. The molecule has 8 heteroatoms. The standard InChI is InChI=1S/C16H19F3N4O/c1-11-14(15(24)22(3)8-7-20-2)10-21-23(11)13-6-4-5-12(9-13)16(17,18)19/h4-6,9-10,20H,7-8H2,1-3H3. The maximum Gasteiger partial charge on any atom is 0.416 e. The number of nitrogens with zero attached hydrogens (tertiary/aromatic N) is 3. The van der Waals surface area contributed by atoms with Crippen LogP contribution in [0.4, 0.5) is 13.2 Å². The Morgan fingerprint density at radius 3 is 2.71 bits per heavy atom. The maximum atomic E-state index is 12.8. The van der Waals surface area contributed by atoms with Gasteiger partial charge in [-0.05, 0) is 32.2 Å². The molecule has 130 valence electrons. The van der Waals surface area contributed by atoms with Crippen LogP contribution in [-0.2, 0) is 6.18 Å². The SMILES string of the molecule is CNCCN(C)C(=O)c1cnn(-c2cccc(C(F)(F)F)c2)c1C. The summed E-state index contributed by atoms with van der Waals surface area (Å²) in [5.74, 6) is -0.221. The van der Waals surface area contributed by atoms with E-state index in [9.17, 15) is 18.0 Å². The van der Waals surface area contributed by atoms with E-state index < -0.39 is 11.7 Å². The molecule has 2 aromatic rings. The van der Waals surface area contributed by atoms with Crippen LogP contribution in [0.15, 0.2) is 30.5 Å². The van der Waals surface area contributed by atoms with Crippen molar-refractivity contribution >= 4 is 5.91 Å². The van der Waals surface area contributed by atoms with Crippen molar-refractivity contribution in [2.24, 2.45) is 0 Å². The minimum atomic E-state index is -4.43. The van der Waals surface area contributed by atoms with E-state index in [0.717, 1.165) is 12.1 Å². The maximum absolute atomic E-state index is 12.8. The lowest BCUT2D eigenvalue weighted by atomic mass is 10.2. The molecule has 1 N–H and O–H groups in total. The fourth-order valence-electron chi connectivity index (χ4n) is 2.28. The molecule has 0 unspecified atom stereocenters. The number of carbonyl (C=O) groups is 1. The van der Waals surface area contributed by atoms with Crippen LogP contribution < -0.4 is 5.32 Å². The molecule has 0 atom stereocenters. The topological polar surface area (TPSA) is 50.2 Å². The number of carbonyl (C=O) groups excluding carboxylic acids is 1. The molecule has 2 rings (SSSR count). The van der Waals surface area contributed by atoms with Gasteiger partial charge in [-0.15, -0.1) is 0 Å². The highest BCUT2D eigenvalue weighted by Crippen LogP contribution is 2.30. The van der Waals surface area contributed by atoms with Crippen LogP contribution in [0.1, 0.15) is 21.6 Å². The van der Waals surface area contributed by atoms with Gasteiger partial charge in [-0.1, -0.05) is 6.07 Å². The number of hydrogen-bond donors (Lipinski definition) is 1. The van der Waals surface area contributed by atoms with Gasteiger partial charge in [-0.25, -0.2) is 4.68 Å². The van der Waals surface area contributed by atoms with Crippen LogP contribution in [-0.4, -0.2) is 47.8 Å². The molecule has 0 saturated carbocycles. The number of hydrogen-bond acceptors (Lipinski definition) is 3. The highest BCUT2D eigenvalue weighted by atomic mass is 19.4. The molecule has 0 saturated heterocycles. The first-order valence-electron chi connectivity index (χ1n) is 7.38. The summed E-state index contributed by atoms with van der Waals surface area (Å²) in [7, 11) is 3.45. The van der Waals surface area contributed by atoms with Gasteiger partial charge in [0, 0.05) is 20.1 Å². The van der Waals surface area contributed by atoms with Crippen molar-refractivity contribution < 1.29 is 18.0 Å². The molecule has 0 bridgehead atoms. The Morgan fingerprint density at radius 2 is 2.08 bits per heavy atom. The first-order chi connectivity index (χ1) is 11.3. The van der Waals surface area contributed by atoms with Gasteiger partial charge in [-0.2, -0.15) is 18.3 Å². The van der Waals surface area contributed by atoms with Gasteiger partial charge in [0.15, 0.2) is 0 Å². The quantitative estimate of drug-likeness (QED) is 0.910. The van der Waals surface area contributed by atoms with Crippen molar-refractivity contribution in [2.45, 2.75) is 13.1 Å². The lowest BCUT2D eigenvalue weighted by Crippen LogP contribution is -2.33. The number of halogens is 3. The molecular formula is C16H19F3N4O. The van der Waals surface area contributed by atoms with Gasteiger partial charge < -0.3 is 10.2 Å². The average Bonchev–Trinajstić information content (AvgIpc) is 2.92. The second-order valence-electron chi connectivity index (χ2n) is 5.43. The van der Waals surface area contributed by atoms with Crippen molar-refractivity contribution in [3.05, 3.63) is 47.3 Å². The van der Waals surface area contributed by atoms with E-state index in [1.54, 1.807) is 21.0 Å². The number of alkyl halides is 3. The number of rotatable bonds is 5. The van der Waals surface area contributed by atoms with Gasteiger partial charge in [-0.3, -0.25) is 4.79 Å². The van der Waals surface area contributed by atoms with Crippen LogP contribution in [0.2, 0.25) is 0 Å². The first kappa shape index (κ1) is 18.0. The van der Waals surface area contributed by atoms with E-state index >= 15 is 0 Å². The predicted molar refractivity (Wildman–Crippen MR) is 84.2 cm³/mol. The van der Waals surface area contributed by atoms with Crippen molar-refractivity contribution in [2.75, 3.05) is 27.2 Å². The Balaban J connectivity index is 2.32. The molecule has 1 amide bonds. The zero-order chi connectivity index (χ0) is 17.9. The number of likely N-dealkylation sites (N-methyl/N-ethyl adjacent to an activating group) is 2. The van der Waals surface area contributed by atoms with Crippen LogP contribution in [0.3, 0.4) is 0 Å². The third kappa shape index (κ3) is 3.76. The fraction of sp³-hybridized carbons (Fsp3) is 0.375. The summed E-state index contributed by atoms with van der Waals surface area (Å²) in [5.41, 5.74) is 0.370. The zero-order valence-corrected chi connectivity index (χ0v) is 13.7. The molecule has 0 radical (unpaired) electrons. The summed E-state index contributed by atoms with van der Waals surface area (Å²) in [4.78, 5) is 13.9. The summed E-state index contributed by atoms with van der Waals surface area (Å²) >= 11 is 0. The number of amides is 1. The van der Waals surface area contributed by atoms with Crippen LogP contribution in [0.25, 0.3) is 5.69 Å². The molecule has 24 heavy (non-hydrogen) atoms. The van der Waals surface area contributed by atoms with Gasteiger partial charge in [0.25, 0.3) is 5.91 Å². The van der Waals surface area contributed by atoms with Gasteiger partial charge in [0.05, 0.1) is 28.7 Å². The Hall–Kier alpha value is -2.35. The van der Waals surface area contributed by atoms with Gasteiger partial charge in [0.2, 0.25) is 0 Å². The number of aromatic nitrogens is 2. The van der Waals surface area contributed by atoms with Crippen molar-refractivity contribution in [3.8, 4) is 5.69 Å². The molecular weight excluding hydrogens is 321 g/mol. The summed E-state index contributed by atoms with van der Waals surface area (Å²) in [6, 6.07) is 4.85. The van der Waals surface area contributed by atoms with E-state index in [1.807, 2.05) is 0 Å². The molecule has 0 fully saturated rings. The van der Waals surface area contributed by atoms with E-state index in [1.165, 1.54) is 27.9 Å². The van der Waals surface area contributed by atoms with E-state index in [-0.39, 0.29) is 11.6 Å². The Kier molecular flexibility index (Phi) is 5.28. The third-order valence-electron chi connectivity index (χ3n) is 3.70. The summed E-state index contributed by atoms with van der Waals surface area (Å²) < 4.78 is 39.9. The van der Waals surface area contributed by atoms with Crippen molar-refractivity contribution in [3.63, 3.8) is 0 Å². The number of benzene rings is 1. The predicted octanol–water partition coefficient (Wildman–Crippen LogP) is 2.49. The number of nitrogens with one attached hydrogen (secondary N) is 1. The molecule has 1 heterocycles. The highest BCUT2D eigenvalue weighted by Gasteiger charge is 2.30. The highest BCUT2D eigenvalue weighted by molar-refractivity contribution is 5.95. The summed E-state index contributed by atoms with van der Waals surface area (Å²) in [5, 5.41) is 7.03. The van der Waals surface area contributed by atoms with E-state index in [4.69, 9.17) is 0 Å². The first-order valence-corrected chi connectivity index (χ1v) is 7.38. The van der Waals surface area contributed by atoms with Gasteiger partial charge >= 0.3 is 6.18 Å². The minimum absolute atomic E-state index is 0.221. The fourth-order valence-corrected chi connectivity index (χ4v) is 2.28. The molecule has 0 aliphatic heterocycles. The minimum Gasteiger partial charge on any atom is -0.340 e. The molecule has 0 spiro atoms. The summed E-state index contributed by atoms with van der Waals surface area (Å²) in [6.07, 6.45) is -3.04. The lowest BCUT2D eigenvalue weighted by Gasteiger charge is -2.16. The van der Waals surface area contributed by atoms with Gasteiger partial charge in [0.1, 0.15) is 0 Å². The van der Waals surface area contributed by atoms with E-state index in [2.05, 4.69) is 10.4 Å². The second kappa shape index (κ2) is 7.04. The molecule has 1 aromatic carbocycles. The zero-order valence-electron chi connectivity index (χ0n) is 13.7. The Labute approximate surface area is 138 Å². The third-order valence-corrected chi connectivity index (χ3v) is 3.70. The van der Waals surface area contributed by atoms with Crippen molar-refractivity contribution in [1.82, 2.24) is 20.0 Å². The molecule has 0 aliphatic carbocycles.